The molecule has 374 valence electrons. The third kappa shape index (κ3) is 11.4. The fourth-order valence-electron chi connectivity index (χ4n) is 8.74. The average Bonchev–Trinajstić information content (AvgIpc) is 4.16. The molecule has 4 heterocycles. The molecule has 2 aliphatic heterocycles. The number of ether oxygens (including phenoxy) is 4. The quantitative estimate of drug-likeness (QED) is 0.153. The van der Waals surface area contributed by atoms with E-state index in [0.717, 1.165) is 0 Å². The number of nitrogens with zero attached hydrogens (tertiary/aromatic N) is 3. The van der Waals surface area contributed by atoms with E-state index in [1.165, 1.54) is 18.9 Å². The van der Waals surface area contributed by atoms with E-state index in [9.17, 15) is 36.0 Å². The van der Waals surface area contributed by atoms with Crippen LogP contribution >= 0.6 is 0 Å². The van der Waals surface area contributed by atoms with Gasteiger partial charge in [-0.15, -0.1) is 0 Å². The number of carbonyl (C=O) groups is 4. The number of hydrogen-bond acceptors (Lipinski definition) is 12. The molecule has 0 unspecified atom stereocenters. The molecule has 20 heteroatoms. The van der Waals surface area contributed by atoms with E-state index < -0.39 is 85.9 Å². The first-order chi connectivity index (χ1) is 32.3. The van der Waals surface area contributed by atoms with Crippen molar-refractivity contribution in [3.63, 3.8) is 0 Å². The largest absolute Gasteiger partial charge is 0.491 e. The Morgan fingerprint density at radius 3 is 2.30 bits per heavy atom. The second-order valence-corrected chi connectivity index (χ2v) is 22.0. The van der Waals surface area contributed by atoms with E-state index in [-0.39, 0.29) is 37.2 Å². The Morgan fingerprint density at radius 2 is 1.65 bits per heavy atom. The van der Waals surface area contributed by atoms with Crippen molar-refractivity contribution in [3.05, 3.63) is 66.7 Å². The molecule has 4 amide bonds. The topological polar surface area (TPSA) is 204 Å². The number of hydrogen-bond donors (Lipinski definition) is 3. The molecule has 7 atom stereocenters. The van der Waals surface area contributed by atoms with Gasteiger partial charge in [0.05, 0.1) is 41.6 Å². The molecule has 0 radical (unpaired) electrons. The van der Waals surface area contributed by atoms with E-state index >= 15 is 4.79 Å². The fourth-order valence-corrected chi connectivity index (χ4v) is 10.0. The number of benzene rings is 1. The first-order valence-corrected chi connectivity index (χ1v) is 24.7. The number of aromatic nitrogens is 2. The van der Waals surface area contributed by atoms with Crippen LogP contribution in [0.4, 0.5) is 18.0 Å². The SMILES string of the molecule is COc1cccc(-c2cc(O[C@@H]3C[C@H]4C(=O)N[C@]5(C(=O)NS(=O)(=O)C6(C)CC6)C[C@H]5/C=C\CC[C@@H](C)C[C@@H](C)[C@H](NC(=O)OC(C)(C)C(F)(F)F)C(=O)N4C3)cc(-c3ccc(OC(C)C)cc3)n2)n1. The van der Waals surface area contributed by atoms with Crippen LogP contribution in [-0.2, 0) is 29.1 Å². The number of halogens is 3. The van der Waals surface area contributed by atoms with Crippen LogP contribution in [0, 0.1) is 17.8 Å². The van der Waals surface area contributed by atoms with Gasteiger partial charge in [0.2, 0.25) is 33.3 Å². The maximum absolute atomic E-state index is 15.1. The summed E-state index contributed by atoms with van der Waals surface area (Å²) in [5.41, 5.74) is -2.58. The highest BCUT2D eigenvalue weighted by Crippen LogP contribution is 2.48. The molecule has 0 bridgehead atoms. The molecular formula is C49H61F3N6O10S. The van der Waals surface area contributed by atoms with Crippen LogP contribution in [0.25, 0.3) is 22.6 Å². The maximum atomic E-state index is 15.1. The highest BCUT2D eigenvalue weighted by atomic mass is 32.2. The van der Waals surface area contributed by atoms with Crippen molar-refractivity contribution in [3.8, 4) is 40.0 Å². The van der Waals surface area contributed by atoms with Gasteiger partial charge in [-0.05, 0) is 115 Å². The van der Waals surface area contributed by atoms with Crippen LogP contribution in [0.1, 0.15) is 93.4 Å². The van der Waals surface area contributed by atoms with Gasteiger partial charge in [0.1, 0.15) is 35.2 Å². The number of sulfonamides is 1. The average molecular weight is 983 g/mol. The molecule has 3 fully saturated rings. The Kier molecular flexibility index (Phi) is 14.4. The minimum atomic E-state index is -4.94. The van der Waals surface area contributed by atoms with Gasteiger partial charge in [-0.3, -0.25) is 19.1 Å². The van der Waals surface area contributed by atoms with Crippen LogP contribution in [0.3, 0.4) is 0 Å². The number of allylic oxidation sites excluding steroid dienone is 1. The number of alkyl halides is 3. The number of carbonyl (C=O) groups excluding carboxylic acids is 4. The van der Waals surface area contributed by atoms with Gasteiger partial charge in [0, 0.05) is 36.1 Å². The van der Waals surface area contributed by atoms with E-state index in [1.807, 2.05) is 39.0 Å². The van der Waals surface area contributed by atoms with E-state index in [0.29, 0.717) is 80.2 Å². The lowest BCUT2D eigenvalue weighted by Crippen LogP contribution is -2.59. The summed E-state index contributed by atoms with van der Waals surface area (Å²) in [7, 11) is -2.63. The molecule has 3 N–H and O–H groups in total. The Morgan fingerprint density at radius 1 is 0.957 bits per heavy atom. The van der Waals surface area contributed by atoms with Gasteiger partial charge in [0.25, 0.3) is 5.91 Å². The lowest BCUT2D eigenvalue weighted by atomic mass is 9.88. The van der Waals surface area contributed by atoms with Crippen LogP contribution in [0.5, 0.6) is 17.4 Å². The minimum absolute atomic E-state index is 0.0588. The normalized spacial score (nSPS) is 26.5. The number of methoxy groups -OCH3 is 1. The van der Waals surface area contributed by atoms with Crippen molar-refractivity contribution in [2.75, 3.05) is 13.7 Å². The molecule has 2 saturated carbocycles. The van der Waals surface area contributed by atoms with Crippen molar-refractivity contribution < 1.29 is 59.7 Å². The third-order valence-corrected chi connectivity index (χ3v) is 15.5. The van der Waals surface area contributed by atoms with Crippen LogP contribution < -0.4 is 29.6 Å². The molecule has 1 saturated heterocycles. The Bertz CT molecular complexity index is 2570. The molecular weight excluding hydrogens is 922 g/mol. The number of nitrogens with one attached hydrogen (secondary N) is 3. The Labute approximate surface area is 400 Å². The molecule has 0 spiro atoms. The second kappa shape index (κ2) is 19.5. The third-order valence-electron chi connectivity index (χ3n) is 13.4. The summed E-state index contributed by atoms with van der Waals surface area (Å²) in [6, 6.07) is 12.9. The van der Waals surface area contributed by atoms with Gasteiger partial charge in [-0.2, -0.15) is 13.2 Å². The van der Waals surface area contributed by atoms with E-state index in [4.69, 9.17) is 23.9 Å². The van der Waals surface area contributed by atoms with Crippen molar-refractivity contribution in [2.45, 2.75) is 140 Å². The fraction of sp³-hybridized carbons (Fsp3) is 0.551. The predicted molar refractivity (Wildman–Crippen MR) is 248 cm³/mol. The van der Waals surface area contributed by atoms with Crippen molar-refractivity contribution in [2.24, 2.45) is 17.8 Å². The van der Waals surface area contributed by atoms with E-state index in [1.54, 1.807) is 55.5 Å². The Balaban J connectivity index is 1.26. The van der Waals surface area contributed by atoms with Crippen LogP contribution in [0.15, 0.2) is 66.7 Å². The molecule has 69 heavy (non-hydrogen) atoms. The Hall–Kier alpha value is -5.92. The predicted octanol–water partition coefficient (Wildman–Crippen LogP) is 7.28. The zero-order valence-corrected chi connectivity index (χ0v) is 40.8. The minimum Gasteiger partial charge on any atom is -0.491 e. The van der Waals surface area contributed by atoms with Crippen LogP contribution in [-0.4, -0.2) is 107 Å². The second-order valence-electron chi connectivity index (χ2n) is 19.8. The maximum Gasteiger partial charge on any atom is 0.427 e. The van der Waals surface area contributed by atoms with Gasteiger partial charge in [-0.1, -0.05) is 32.1 Å². The summed E-state index contributed by atoms with van der Waals surface area (Å²) >= 11 is 0. The standard InChI is InChI=1S/C49H61F3N6O10S/c1-28(2)66-33-18-16-31(17-19-33)37-23-34(24-38(53-37)36-14-11-15-40(54-36)65-8)67-35-25-39-42(59)56-48(44(61)57-69(63,64)47(7)20-21-47)26-32(48)13-10-9-12-29(3)22-30(4)41(43(60)58(39)27-35)55-45(62)68-46(5,6)49(50,51)52/h10-11,13-19,23-24,28-30,32,35,39,41H,9,12,20-22,25-27H2,1-8H3,(H,55,62)(H,56,59)(H,57,61)/b13-10-/t29-,30-,32-,35-,39+,41+,48-/m1/s1. The summed E-state index contributed by atoms with van der Waals surface area (Å²) < 4.78 is 92.2. The van der Waals surface area contributed by atoms with Gasteiger partial charge in [0.15, 0.2) is 0 Å². The molecule has 1 aromatic carbocycles. The lowest BCUT2D eigenvalue weighted by molar-refractivity contribution is -0.244. The summed E-state index contributed by atoms with van der Waals surface area (Å²) in [6.07, 6.45) is -1.65. The van der Waals surface area contributed by atoms with Crippen molar-refractivity contribution in [1.82, 2.24) is 30.2 Å². The van der Waals surface area contributed by atoms with Crippen LogP contribution in [0.2, 0.25) is 0 Å². The van der Waals surface area contributed by atoms with E-state index in [2.05, 4.69) is 20.3 Å². The number of fused-ring (bicyclic) bond motifs is 2. The summed E-state index contributed by atoms with van der Waals surface area (Å²) in [5, 5.41) is 5.24. The van der Waals surface area contributed by atoms with Crippen molar-refractivity contribution >= 4 is 33.8 Å². The monoisotopic (exact) mass is 982 g/mol. The summed E-state index contributed by atoms with van der Waals surface area (Å²) in [4.78, 5) is 68.0. The van der Waals surface area contributed by atoms with Gasteiger partial charge in [-0.25, -0.2) is 23.2 Å². The first-order valence-electron chi connectivity index (χ1n) is 23.2. The number of rotatable bonds is 12. The number of alkyl carbamates (subject to hydrolysis) is 1. The highest BCUT2D eigenvalue weighted by molar-refractivity contribution is 7.91. The molecule has 2 aliphatic carbocycles. The number of amides is 4. The number of pyridine rings is 2. The molecule has 7 rings (SSSR count). The lowest BCUT2D eigenvalue weighted by Gasteiger charge is -2.34. The zero-order chi connectivity index (χ0) is 50.3. The first kappa shape index (κ1) is 50.9. The van der Waals surface area contributed by atoms with Gasteiger partial charge < -0.3 is 34.5 Å². The molecule has 4 aliphatic rings. The molecule has 16 nitrogen and oxygen atoms in total. The summed E-state index contributed by atoms with van der Waals surface area (Å²) in [6.45, 7) is 10.1. The highest BCUT2D eigenvalue weighted by Gasteiger charge is 2.63. The zero-order valence-electron chi connectivity index (χ0n) is 40.0. The smallest absolute Gasteiger partial charge is 0.427 e. The molecule has 2 aromatic heterocycles. The molecule has 3 aromatic rings. The van der Waals surface area contributed by atoms with Crippen molar-refractivity contribution in [1.29, 1.82) is 0 Å². The summed E-state index contributed by atoms with van der Waals surface area (Å²) in [5.74, 6) is -2.57. The van der Waals surface area contributed by atoms with Gasteiger partial charge >= 0.3 is 12.3 Å².